The van der Waals surface area contributed by atoms with Gasteiger partial charge in [0.15, 0.2) is 0 Å². The van der Waals surface area contributed by atoms with Gasteiger partial charge in [-0.3, -0.25) is 0 Å². The van der Waals surface area contributed by atoms with Gasteiger partial charge < -0.3 is 0 Å². The highest BCUT2D eigenvalue weighted by atomic mass is 32.2. The summed E-state index contributed by atoms with van der Waals surface area (Å²) in [6.45, 7) is 7.01. The van der Waals surface area contributed by atoms with Crippen LogP contribution < -0.4 is 0 Å². The number of nitrogens with zero attached hydrogens (tertiary/aromatic N) is 1. The molecule has 1 aromatic rings. The van der Waals surface area contributed by atoms with E-state index in [9.17, 15) is 8.42 Å². The molecule has 0 N–H and O–H groups in total. The molecule has 0 radical (unpaired) electrons. The molecule has 0 amide bonds. The highest BCUT2D eigenvalue weighted by molar-refractivity contribution is 7.89. The molecule has 0 aromatic heterocycles. The van der Waals surface area contributed by atoms with E-state index in [-0.39, 0.29) is 11.0 Å². The number of sulfonamides is 1. The third kappa shape index (κ3) is 1.77. The van der Waals surface area contributed by atoms with Crippen molar-refractivity contribution in [2.75, 3.05) is 6.54 Å². The number of hydrogen-bond donors (Lipinski definition) is 0. The predicted molar refractivity (Wildman–Crippen MR) is 80.1 cm³/mol. The quantitative estimate of drug-likeness (QED) is 0.838. The molecule has 1 heterocycles. The summed E-state index contributed by atoms with van der Waals surface area (Å²) >= 11 is 0. The zero-order valence-electron chi connectivity index (χ0n) is 12.5. The minimum atomic E-state index is -3.35. The Morgan fingerprint density at radius 3 is 2.25 bits per heavy atom. The average Bonchev–Trinajstić information content (AvgIpc) is 2.39. The van der Waals surface area contributed by atoms with Gasteiger partial charge in [0, 0.05) is 17.5 Å². The second-order valence-electron chi connectivity index (χ2n) is 6.87. The first-order valence-corrected chi connectivity index (χ1v) is 8.83. The van der Waals surface area contributed by atoms with Crippen LogP contribution in [0, 0.1) is 12.3 Å². The van der Waals surface area contributed by atoms with Crippen LogP contribution >= 0.6 is 0 Å². The van der Waals surface area contributed by atoms with Gasteiger partial charge in [0.1, 0.15) is 0 Å². The Morgan fingerprint density at radius 2 is 1.65 bits per heavy atom. The minimum absolute atomic E-state index is 0.156. The molecule has 3 rings (SSSR count). The lowest BCUT2D eigenvalue weighted by atomic mass is 9.57. The standard InChI is InChI=1S/C16H23NO2S/c1-13-6-8-14(9-7-13)20(18,19)17-12-15(2)10-4-5-11-16(15,17)3/h6-9H,4-5,10-12H2,1-3H3/t15-,16+/m0/s1. The minimum Gasteiger partial charge on any atom is -0.207 e. The summed E-state index contributed by atoms with van der Waals surface area (Å²) in [7, 11) is -3.35. The van der Waals surface area contributed by atoms with Crippen molar-refractivity contribution in [3.8, 4) is 0 Å². The van der Waals surface area contributed by atoms with Gasteiger partial charge in [0.25, 0.3) is 0 Å². The summed E-state index contributed by atoms with van der Waals surface area (Å²) in [5.41, 5.74) is 1.04. The molecule has 2 aliphatic rings. The van der Waals surface area contributed by atoms with Gasteiger partial charge in [-0.2, -0.15) is 4.31 Å². The maximum Gasteiger partial charge on any atom is 0.243 e. The lowest BCUT2D eigenvalue weighted by Crippen LogP contribution is -2.73. The molecule has 0 unspecified atom stereocenters. The molecule has 1 aliphatic carbocycles. The third-order valence-corrected chi connectivity index (χ3v) is 7.57. The van der Waals surface area contributed by atoms with E-state index in [0.717, 1.165) is 24.8 Å². The number of rotatable bonds is 2. The molecule has 1 aromatic carbocycles. The smallest absolute Gasteiger partial charge is 0.207 e. The van der Waals surface area contributed by atoms with Crippen LogP contribution in [0.2, 0.25) is 0 Å². The van der Waals surface area contributed by atoms with Crippen LogP contribution in [0.25, 0.3) is 0 Å². The molecule has 0 spiro atoms. The van der Waals surface area contributed by atoms with E-state index in [4.69, 9.17) is 0 Å². The van der Waals surface area contributed by atoms with E-state index >= 15 is 0 Å². The molecule has 2 atom stereocenters. The fraction of sp³-hybridized carbons (Fsp3) is 0.625. The molecule has 20 heavy (non-hydrogen) atoms. The van der Waals surface area contributed by atoms with Gasteiger partial charge >= 0.3 is 0 Å². The normalized spacial score (nSPS) is 34.4. The Hall–Kier alpha value is -0.870. The largest absolute Gasteiger partial charge is 0.243 e. The highest BCUT2D eigenvalue weighted by Gasteiger charge is 2.63. The summed E-state index contributed by atoms with van der Waals surface area (Å²) in [6, 6.07) is 7.20. The first kappa shape index (κ1) is 14.1. The number of benzene rings is 1. The Bertz CT molecular complexity index is 622. The SMILES string of the molecule is Cc1ccc(S(=O)(=O)N2C[C@]3(C)CCCC[C@@]23C)cc1. The van der Waals surface area contributed by atoms with Gasteiger partial charge in [-0.1, -0.05) is 37.5 Å². The van der Waals surface area contributed by atoms with Gasteiger partial charge in [-0.25, -0.2) is 8.42 Å². The van der Waals surface area contributed by atoms with Crippen molar-refractivity contribution in [2.45, 2.75) is 56.9 Å². The first-order valence-electron chi connectivity index (χ1n) is 7.39. The number of fused-ring (bicyclic) bond motifs is 1. The number of aryl methyl sites for hydroxylation is 1. The Kier molecular flexibility index (Phi) is 3.04. The van der Waals surface area contributed by atoms with Crippen molar-refractivity contribution < 1.29 is 8.42 Å². The van der Waals surface area contributed by atoms with Crippen LogP contribution in [0.1, 0.15) is 45.1 Å². The van der Waals surface area contributed by atoms with E-state index < -0.39 is 10.0 Å². The van der Waals surface area contributed by atoms with Crippen molar-refractivity contribution >= 4 is 10.0 Å². The lowest BCUT2D eigenvalue weighted by molar-refractivity contribution is -0.110. The molecule has 3 nitrogen and oxygen atoms in total. The second kappa shape index (κ2) is 4.31. The van der Waals surface area contributed by atoms with E-state index in [1.165, 1.54) is 6.42 Å². The fourth-order valence-corrected chi connectivity index (χ4v) is 5.85. The maximum atomic E-state index is 12.9. The summed E-state index contributed by atoms with van der Waals surface area (Å²) in [4.78, 5) is 0.428. The summed E-state index contributed by atoms with van der Waals surface area (Å²) in [6.07, 6.45) is 4.48. The van der Waals surface area contributed by atoms with Crippen molar-refractivity contribution in [3.63, 3.8) is 0 Å². The summed E-state index contributed by atoms with van der Waals surface area (Å²) in [5, 5.41) is 0. The van der Waals surface area contributed by atoms with Gasteiger partial charge in [0.05, 0.1) is 4.90 Å². The molecular weight excluding hydrogens is 270 g/mol. The van der Waals surface area contributed by atoms with E-state index in [0.29, 0.717) is 11.4 Å². The molecule has 4 heteroatoms. The molecule has 1 saturated carbocycles. The van der Waals surface area contributed by atoms with Crippen molar-refractivity contribution in [1.82, 2.24) is 4.31 Å². The Balaban J connectivity index is 1.96. The molecule has 110 valence electrons. The Morgan fingerprint density at radius 1 is 1.05 bits per heavy atom. The molecule has 0 bridgehead atoms. The van der Waals surface area contributed by atoms with Gasteiger partial charge in [-0.15, -0.1) is 0 Å². The lowest BCUT2D eigenvalue weighted by Gasteiger charge is -2.65. The van der Waals surface area contributed by atoms with E-state index in [1.54, 1.807) is 16.4 Å². The van der Waals surface area contributed by atoms with Crippen LogP contribution in [-0.2, 0) is 10.0 Å². The summed E-state index contributed by atoms with van der Waals surface area (Å²) < 4.78 is 27.4. The zero-order chi connectivity index (χ0) is 14.6. The van der Waals surface area contributed by atoms with Crippen molar-refractivity contribution in [3.05, 3.63) is 29.8 Å². The molecular formula is C16H23NO2S. The van der Waals surface area contributed by atoms with Crippen LogP contribution in [0.5, 0.6) is 0 Å². The van der Waals surface area contributed by atoms with Crippen LogP contribution in [-0.4, -0.2) is 24.8 Å². The molecule has 2 fully saturated rings. The van der Waals surface area contributed by atoms with Crippen molar-refractivity contribution in [2.24, 2.45) is 5.41 Å². The molecule has 1 saturated heterocycles. The Labute approximate surface area is 122 Å². The van der Waals surface area contributed by atoms with Crippen LogP contribution in [0.3, 0.4) is 0 Å². The van der Waals surface area contributed by atoms with Crippen LogP contribution in [0.4, 0.5) is 0 Å². The predicted octanol–water partition coefficient (Wildman–Crippen LogP) is 3.34. The first-order chi connectivity index (χ1) is 9.30. The average molecular weight is 293 g/mol. The van der Waals surface area contributed by atoms with E-state index in [2.05, 4.69) is 13.8 Å². The maximum absolute atomic E-state index is 12.9. The second-order valence-corrected chi connectivity index (χ2v) is 8.73. The van der Waals surface area contributed by atoms with E-state index in [1.807, 2.05) is 19.1 Å². The third-order valence-electron chi connectivity index (χ3n) is 5.59. The van der Waals surface area contributed by atoms with Crippen LogP contribution in [0.15, 0.2) is 29.2 Å². The van der Waals surface area contributed by atoms with Crippen molar-refractivity contribution in [1.29, 1.82) is 0 Å². The summed E-state index contributed by atoms with van der Waals surface area (Å²) in [5.74, 6) is 0. The van der Waals surface area contributed by atoms with Gasteiger partial charge in [-0.05, 0) is 38.8 Å². The highest BCUT2D eigenvalue weighted by Crippen LogP contribution is 2.57. The molecule has 1 aliphatic heterocycles. The topological polar surface area (TPSA) is 37.4 Å². The van der Waals surface area contributed by atoms with Gasteiger partial charge in [0.2, 0.25) is 10.0 Å². The monoisotopic (exact) mass is 293 g/mol. The zero-order valence-corrected chi connectivity index (χ0v) is 13.3. The fourth-order valence-electron chi connectivity index (χ4n) is 3.82. The number of hydrogen-bond acceptors (Lipinski definition) is 2.